The van der Waals surface area contributed by atoms with Gasteiger partial charge in [0.1, 0.15) is 16.3 Å². The van der Waals surface area contributed by atoms with Crippen LogP contribution in [0.1, 0.15) is 51.9 Å². The van der Waals surface area contributed by atoms with E-state index in [1.165, 1.54) is 6.08 Å². The number of hydrogen-bond acceptors (Lipinski definition) is 5. The van der Waals surface area contributed by atoms with Crippen molar-refractivity contribution in [3.8, 4) is 0 Å². The van der Waals surface area contributed by atoms with Gasteiger partial charge in [0.2, 0.25) is 0 Å². The van der Waals surface area contributed by atoms with E-state index in [0.717, 1.165) is 38.4 Å². The highest BCUT2D eigenvalue weighted by Gasteiger charge is 2.56. The zero-order chi connectivity index (χ0) is 21.8. The van der Waals surface area contributed by atoms with Crippen LogP contribution >= 0.6 is 0 Å². The van der Waals surface area contributed by atoms with Crippen LogP contribution in [0, 0.1) is 20.2 Å². The number of carbonyl (C=O) groups excluding carboxylic acids is 1. The van der Waals surface area contributed by atoms with Gasteiger partial charge in [-0.3, -0.25) is 25.0 Å². The predicted molar refractivity (Wildman–Crippen MR) is 115 cm³/mol. The molecule has 0 aliphatic carbocycles. The standard InChI is InChI=1S/C22H29N2O5/c1-2-3-4-5-6-7-8-9-10-11-12-13-14-15-16-17-18-19-20-22(21-25,23(26)27)24(28)29/h3-4,6-7,9-10,12-13,15-16,18-19H,2,5,8,11,14,17,20H2,1H3. The SMILES string of the molecule is CCC=CCC=CCC=CCC=CCC=CCC=CCC([C]=O)([N+](=O)[O-])[N+](=O)[O-]. The first kappa shape index (κ1) is 25.9. The van der Waals surface area contributed by atoms with E-state index in [-0.39, 0.29) is 0 Å². The fraction of sp³-hybridized carbons (Fsp3) is 0.409. The van der Waals surface area contributed by atoms with Crippen molar-refractivity contribution in [2.45, 2.75) is 57.5 Å². The second-order valence-electron chi connectivity index (χ2n) is 6.05. The Balaban J connectivity index is 3.98. The smallest absolute Gasteiger partial charge is 0.273 e. The fourth-order valence-electron chi connectivity index (χ4n) is 2.10. The van der Waals surface area contributed by atoms with E-state index in [4.69, 9.17) is 0 Å². The lowest BCUT2D eigenvalue weighted by atomic mass is 10.1. The predicted octanol–water partition coefficient (Wildman–Crippen LogP) is 5.43. The van der Waals surface area contributed by atoms with Crippen molar-refractivity contribution in [3.63, 3.8) is 0 Å². The highest BCUT2D eigenvalue weighted by molar-refractivity contribution is 5.60. The Morgan fingerprint density at radius 1 is 0.655 bits per heavy atom. The molecule has 157 valence electrons. The molecule has 0 amide bonds. The number of nitro groups is 2. The first-order valence-electron chi connectivity index (χ1n) is 9.59. The van der Waals surface area contributed by atoms with Crippen LogP contribution in [0.25, 0.3) is 0 Å². The summed E-state index contributed by atoms with van der Waals surface area (Å²) < 4.78 is 0. The summed E-state index contributed by atoms with van der Waals surface area (Å²) >= 11 is 0. The number of hydrogen-bond donors (Lipinski definition) is 0. The number of nitrogens with zero attached hydrogens (tertiary/aromatic N) is 2. The molecule has 0 aromatic carbocycles. The van der Waals surface area contributed by atoms with Crippen molar-refractivity contribution in [1.82, 2.24) is 0 Å². The minimum absolute atomic E-state index is 0.470. The van der Waals surface area contributed by atoms with Crippen molar-refractivity contribution in [2.24, 2.45) is 0 Å². The van der Waals surface area contributed by atoms with Crippen LogP contribution in [0.3, 0.4) is 0 Å². The monoisotopic (exact) mass is 401 g/mol. The Morgan fingerprint density at radius 3 is 1.24 bits per heavy atom. The largest absolute Gasteiger partial charge is 0.527 e. The third-order valence-electron chi connectivity index (χ3n) is 3.77. The zero-order valence-corrected chi connectivity index (χ0v) is 16.8. The molecule has 0 saturated carbocycles. The number of allylic oxidation sites excluding steroid dienone is 11. The summed E-state index contributed by atoms with van der Waals surface area (Å²) in [5, 5.41) is 21.5. The molecule has 0 bridgehead atoms. The molecule has 0 aromatic heterocycles. The molecule has 7 heteroatoms. The van der Waals surface area contributed by atoms with Crippen LogP contribution < -0.4 is 0 Å². The maximum Gasteiger partial charge on any atom is 0.527 e. The van der Waals surface area contributed by atoms with E-state index in [0.29, 0.717) is 6.42 Å². The molecule has 0 fully saturated rings. The lowest BCUT2D eigenvalue weighted by Crippen LogP contribution is -2.47. The van der Waals surface area contributed by atoms with Crippen molar-refractivity contribution in [1.29, 1.82) is 0 Å². The summed E-state index contributed by atoms with van der Waals surface area (Å²) in [6, 6.07) is 0. The summed E-state index contributed by atoms with van der Waals surface area (Å²) in [4.78, 5) is 29.7. The van der Waals surface area contributed by atoms with Crippen LogP contribution in [0.2, 0.25) is 0 Å². The van der Waals surface area contributed by atoms with E-state index in [2.05, 4.69) is 49.5 Å². The van der Waals surface area contributed by atoms with Gasteiger partial charge in [0.05, 0.1) is 0 Å². The van der Waals surface area contributed by atoms with Gasteiger partial charge in [0.25, 0.3) is 0 Å². The molecule has 0 N–H and O–H groups in total. The van der Waals surface area contributed by atoms with E-state index in [9.17, 15) is 25.0 Å². The Morgan fingerprint density at radius 2 is 0.966 bits per heavy atom. The Labute approximate surface area is 172 Å². The zero-order valence-electron chi connectivity index (χ0n) is 16.8. The van der Waals surface area contributed by atoms with Crippen molar-refractivity contribution in [2.75, 3.05) is 0 Å². The lowest BCUT2D eigenvalue weighted by molar-refractivity contribution is -0.770. The molecular formula is C22H29N2O5. The highest BCUT2D eigenvalue weighted by atomic mass is 16.7. The van der Waals surface area contributed by atoms with Gasteiger partial charge in [-0.1, -0.05) is 79.8 Å². The summed E-state index contributed by atoms with van der Waals surface area (Å²) in [5.74, 6) is 0. The van der Waals surface area contributed by atoms with E-state index < -0.39 is 21.9 Å². The minimum atomic E-state index is -2.92. The minimum Gasteiger partial charge on any atom is -0.273 e. The maximum absolute atomic E-state index is 10.7. The third kappa shape index (κ3) is 12.1. The Kier molecular flexibility index (Phi) is 15.2. The quantitative estimate of drug-likeness (QED) is 0.148. The molecule has 0 rings (SSSR count). The molecule has 0 atom stereocenters. The second kappa shape index (κ2) is 17.0. The van der Waals surface area contributed by atoms with E-state index in [1.807, 2.05) is 18.2 Å². The first-order chi connectivity index (χ1) is 14.0. The van der Waals surface area contributed by atoms with Gasteiger partial charge >= 0.3 is 11.9 Å². The van der Waals surface area contributed by atoms with Crippen LogP contribution in [0.5, 0.6) is 0 Å². The molecule has 0 aliphatic heterocycles. The average molecular weight is 401 g/mol. The molecular weight excluding hydrogens is 372 g/mol. The van der Waals surface area contributed by atoms with E-state index in [1.54, 1.807) is 6.08 Å². The molecule has 0 aromatic rings. The van der Waals surface area contributed by atoms with Gasteiger partial charge < -0.3 is 0 Å². The van der Waals surface area contributed by atoms with Gasteiger partial charge in [0.15, 0.2) is 0 Å². The summed E-state index contributed by atoms with van der Waals surface area (Å²) in [6.45, 7) is 2.12. The van der Waals surface area contributed by atoms with Crippen LogP contribution in [0.15, 0.2) is 72.9 Å². The Bertz CT molecular complexity index is 659. The van der Waals surface area contributed by atoms with Gasteiger partial charge in [-0.05, 0) is 38.5 Å². The summed E-state index contributed by atoms with van der Waals surface area (Å²) in [5.41, 5.74) is -2.92. The van der Waals surface area contributed by atoms with Crippen molar-refractivity contribution in [3.05, 3.63) is 93.1 Å². The first-order valence-corrected chi connectivity index (χ1v) is 9.59. The second-order valence-corrected chi connectivity index (χ2v) is 6.05. The van der Waals surface area contributed by atoms with Gasteiger partial charge in [-0.2, -0.15) is 0 Å². The fourth-order valence-corrected chi connectivity index (χ4v) is 2.10. The molecule has 0 heterocycles. The molecule has 0 saturated heterocycles. The molecule has 7 nitrogen and oxygen atoms in total. The summed E-state index contributed by atoms with van der Waals surface area (Å²) in [6.07, 6.45) is 28.9. The summed E-state index contributed by atoms with van der Waals surface area (Å²) in [7, 11) is 0. The van der Waals surface area contributed by atoms with Crippen molar-refractivity contribution < 1.29 is 14.6 Å². The van der Waals surface area contributed by atoms with Gasteiger partial charge in [0, 0.05) is 0 Å². The molecule has 0 unspecified atom stereocenters. The normalized spacial score (nSPS) is 13.1. The van der Waals surface area contributed by atoms with Crippen molar-refractivity contribution >= 4 is 6.29 Å². The van der Waals surface area contributed by atoms with Gasteiger partial charge in [-0.15, -0.1) is 0 Å². The lowest BCUT2D eigenvalue weighted by Gasteiger charge is -2.06. The average Bonchev–Trinajstić information content (AvgIpc) is 2.69. The molecule has 0 aliphatic rings. The molecule has 1 radical (unpaired) electrons. The Hall–Kier alpha value is -3.09. The van der Waals surface area contributed by atoms with Crippen LogP contribution in [-0.2, 0) is 4.79 Å². The van der Waals surface area contributed by atoms with Crippen LogP contribution in [-0.4, -0.2) is 21.8 Å². The van der Waals surface area contributed by atoms with E-state index >= 15 is 0 Å². The topological polar surface area (TPSA) is 103 Å². The highest BCUT2D eigenvalue weighted by Crippen LogP contribution is 2.14. The molecule has 29 heavy (non-hydrogen) atoms. The number of rotatable bonds is 16. The van der Waals surface area contributed by atoms with Crippen LogP contribution in [0.4, 0.5) is 0 Å². The third-order valence-corrected chi connectivity index (χ3v) is 3.77. The van der Waals surface area contributed by atoms with Gasteiger partial charge in [-0.25, -0.2) is 0 Å². The molecule has 0 spiro atoms. The maximum atomic E-state index is 10.7.